The van der Waals surface area contributed by atoms with E-state index < -0.39 is 17.3 Å². The Morgan fingerprint density at radius 3 is 2.79 bits per heavy atom. The number of hydrogen-bond acceptors (Lipinski definition) is 5. The molecule has 2 N–H and O–H groups in total. The predicted molar refractivity (Wildman–Crippen MR) is 112 cm³/mol. The lowest BCUT2D eigenvalue weighted by atomic mass is 10.1. The fourth-order valence-corrected chi connectivity index (χ4v) is 4.21. The van der Waals surface area contributed by atoms with Gasteiger partial charge < -0.3 is 19.3 Å². The van der Waals surface area contributed by atoms with Crippen LogP contribution in [0.25, 0.3) is 0 Å². The summed E-state index contributed by atoms with van der Waals surface area (Å²) in [6, 6.07) is 10.4. The molecule has 0 radical (unpaired) electrons. The summed E-state index contributed by atoms with van der Waals surface area (Å²) >= 11 is 5.08. The number of nitrogens with one attached hydrogen (secondary N) is 2. The topological polar surface area (TPSA) is 99.7 Å². The van der Waals surface area contributed by atoms with Gasteiger partial charge in [-0.15, -0.1) is 0 Å². The van der Waals surface area contributed by atoms with Crippen LogP contribution in [0.15, 0.2) is 41.3 Å². The van der Waals surface area contributed by atoms with Crippen LogP contribution in [0.4, 0.5) is 16.2 Å². The van der Waals surface area contributed by atoms with Gasteiger partial charge in [0, 0.05) is 24.2 Å². The van der Waals surface area contributed by atoms with Gasteiger partial charge in [-0.05, 0) is 54.3 Å². The van der Waals surface area contributed by atoms with Crippen molar-refractivity contribution in [2.24, 2.45) is 0 Å². The Kier molecular flexibility index (Phi) is 7.24. The van der Waals surface area contributed by atoms with Gasteiger partial charge in [0.15, 0.2) is 4.90 Å². The lowest BCUT2D eigenvalue weighted by Gasteiger charge is -2.19. The summed E-state index contributed by atoms with van der Waals surface area (Å²) in [5.41, 5.74) is 1.99. The Hall–Kier alpha value is -2.42. The van der Waals surface area contributed by atoms with Gasteiger partial charge in [-0.2, -0.15) is 0 Å². The monoisotopic (exact) mass is 436 g/mol. The van der Waals surface area contributed by atoms with Crippen molar-refractivity contribution in [1.82, 2.24) is 0 Å². The maximum absolute atomic E-state index is 12.4. The molecule has 0 spiro atoms. The molecule has 2 aromatic rings. The highest BCUT2D eigenvalue weighted by atomic mass is 35.5. The zero-order valence-corrected chi connectivity index (χ0v) is 17.4. The molecule has 29 heavy (non-hydrogen) atoms. The summed E-state index contributed by atoms with van der Waals surface area (Å²) in [5.74, 6) is 0.979. The van der Waals surface area contributed by atoms with Crippen LogP contribution in [0.5, 0.6) is 5.75 Å². The van der Waals surface area contributed by atoms with E-state index in [4.69, 9.17) is 21.1 Å². The van der Waals surface area contributed by atoms with E-state index in [1.54, 1.807) is 36.4 Å². The highest BCUT2D eigenvalue weighted by Gasteiger charge is 2.19. The molecule has 7 nitrogen and oxygen atoms in total. The summed E-state index contributed by atoms with van der Waals surface area (Å²) in [6.07, 6.45) is 0.945. The number of carbonyl (C=O) groups is 2. The molecule has 3 rings (SSSR count). The summed E-state index contributed by atoms with van der Waals surface area (Å²) < 4.78 is 23.0. The first-order chi connectivity index (χ1) is 13.9. The van der Waals surface area contributed by atoms with Crippen molar-refractivity contribution in [3.05, 3.63) is 47.0 Å². The molecule has 1 unspecified atom stereocenters. The number of benzene rings is 2. The minimum atomic E-state index is -1.11. The van der Waals surface area contributed by atoms with Gasteiger partial charge in [0.25, 0.3) is 0 Å². The normalized spacial score (nSPS) is 13.7. The van der Waals surface area contributed by atoms with Crippen molar-refractivity contribution in [2.75, 3.05) is 23.0 Å². The molecule has 0 aliphatic carbocycles. The van der Waals surface area contributed by atoms with Crippen LogP contribution >= 0.6 is 11.6 Å². The zero-order chi connectivity index (χ0) is 20.8. The molecule has 154 valence electrons. The number of cyclic esters (lactones) is 1. The van der Waals surface area contributed by atoms with E-state index in [1.165, 1.54) is 6.92 Å². The Morgan fingerprint density at radius 1 is 1.31 bits per heavy atom. The van der Waals surface area contributed by atoms with Gasteiger partial charge in [-0.1, -0.05) is 11.6 Å². The summed E-state index contributed by atoms with van der Waals surface area (Å²) in [4.78, 5) is 23.0. The van der Waals surface area contributed by atoms with Crippen molar-refractivity contribution in [2.45, 2.75) is 31.3 Å². The van der Waals surface area contributed by atoms with E-state index in [9.17, 15) is 14.1 Å². The number of unbranched alkanes of at least 4 members (excludes halogenated alkanes) is 1. The minimum Gasteiger partial charge on any atom is -0.611 e. The van der Waals surface area contributed by atoms with Crippen molar-refractivity contribution < 1.29 is 23.6 Å². The maximum atomic E-state index is 12.4. The SMILES string of the molecule is CC(=O)Nc1ccc([S+]([O-])CCCCOc2cc(Cl)c3c(c2)COC(=O)N3)cc1. The van der Waals surface area contributed by atoms with Crippen molar-refractivity contribution in [3.8, 4) is 5.75 Å². The summed E-state index contributed by atoms with van der Waals surface area (Å²) in [5, 5.41) is 5.65. The van der Waals surface area contributed by atoms with Crippen LogP contribution in [-0.2, 0) is 27.3 Å². The Labute approximate surface area is 176 Å². The third-order valence-corrected chi connectivity index (χ3v) is 5.92. The summed E-state index contributed by atoms with van der Waals surface area (Å²) in [7, 11) is 0. The number of fused-ring (bicyclic) bond motifs is 1. The Balaban J connectivity index is 1.42. The first kappa shape index (κ1) is 21.3. The van der Waals surface area contributed by atoms with E-state index >= 15 is 0 Å². The van der Waals surface area contributed by atoms with E-state index in [1.807, 2.05) is 0 Å². The molecule has 0 saturated carbocycles. The third-order valence-electron chi connectivity index (χ3n) is 4.16. The predicted octanol–water partition coefficient (Wildman–Crippen LogP) is 4.33. The van der Waals surface area contributed by atoms with Gasteiger partial charge in [0.1, 0.15) is 18.1 Å². The number of anilines is 2. The molecule has 1 heterocycles. The second-order valence-corrected chi connectivity index (χ2v) is 8.43. The second kappa shape index (κ2) is 9.87. The molecule has 2 aromatic carbocycles. The molecular formula is C20H21ClN2O5S. The Morgan fingerprint density at radius 2 is 2.07 bits per heavy atom. The molecule has 0 aromatic heterocycles. The molecule has 1 aliphatic rings. The molecule has 1 atom stereocenters. The molecule has 0 saturated heterocycles. The fourth-order valence-electron chi connectivity index (χ4n) is 2.79. The van der Waals surface area contributed by atoms with Crippen LogP contribution in [0, 0.1) is 0 Å². The molecule has 0 fully saturated rings. The molecule has 0 bridgehead atoms. The van der Waals surface area contributed by atoms with Crippen LogP contribution < -0.4 is 15.4 Å². The third kappa shape index (κ3) is 6.03. The van der Waals surface area contributed by atoms with Crippen LogP contribution in [0.2, 0.25) is 5.02 Å². The first-order valence-corrected chi connectivity index (χ1v) is 10.8. The van der Waals surface area contributed by atoms with Crippen LogP contribution in [-0.4, -0.2) is 28.9 Å². The average molecular weight is 437 g/mol. The number of carbonyl (C=O) groups excluding carboxylic acids is 2. The largest absolute Gasteiger partial charge is 0.611 e. The van der Waals surface area contributed by atoms with Crippen LogP contribution in [0.3, 0.4) is 0 Å². The molecular weight excluding hydrogens is 416 g/mol. The molecule has 2 amide bonds. The number of ether oxygens (including phenoxy) is 2. The van der Waals surface area contributed by atoms with E-state index in [0.29, 0.717) is 34.5 Å². The number of hydrogen-bond donors (Lipinski definition) is 2. The van der Waals surface area contributed by atoms with Crippen molar-refractivity contribution in [1.29, 1.82) is 0 Å². The lowest BCUT2D eigenvalue weighted by molar-refractivity contribution is -0.114. The smallest absolute Gasteiger partial charge is 0.412 e. The number of amides is 2. The van der Waals surface area contributed by atoms with E-state index in [0.717, 1.165) is 23.3 Å². The van der Waals surface area contributed by atoms with E-state index in [2.05, 4.69) is 10.6 Å². The van der Waals surface area contributed by atoms with Crippen molar-refractivity contribution >= 4 is 46.2 Å². The quantitative estimate of drug-likeness (QED) is 0.474. The first-order valence-electron chi connectivity index (χ1n) is 9.07. The minimum absolute atomic E-state index is 0.142. The average Bonchev–Trinajstić information content (AvgIpc) is 2.68. The Bertz CT molecular complexity index is 891. The zero-order valence-electron chi connectivity index (χ0n) is 15.8. The van der Waals surface area contributed by atoms with Crippen LogP contribution in [0.1, 0.15) is 25.3 Å². The van der Waals surface area contributed by atoms with Gasteiger partial charge >= 0.3 is 6.09 Å². The van der Waals surface area contributed by atoms with Crippen molar-refractivity contribution in [3.63, 3.8) is 0 Å². The summed E-state index contributed by atoms with van der Waals surface area (Å²) in [6.45, 7) is 2.05. The maximum Gasteiger partial charge on any atom is 0.412 e. The molecule has 9 heteroatoms. The van der Waals surface area contributed by atoms with Gasteiger partial charge in [-0.25, -0.2) is 4.79 Å². The highest BCUT2D eigenvalue weighted by Crippen LogP contribution is 2.34. The molecule has 1 aliphatic heterocycles. The van der Waals surface area contributed by atoms with Gasteiger partial charge in [0.2, 0.25) is 5.91 Å². The second-order valence-electron chi connectivity index (χ2n) is 6.45. The lowest BCUT2D eigenvalue weighted by Crippen LogP contribution is -2.20. The standard InChI is InChI=1S/C20H21ClN2O5S/c1-13(24)22-15-4-6-17(7-5-15)29(26)9-3-2-8-27-16-10-14-12-28-20(25)23-19(14)18(21)11-16/h4-7,10-11H,2-3,8-9,12H2,1H3,(H,22,24)(H,23,25). The van der Waals surface area contributed by atoms with Gasteiger partial charge in [-0.3, -0.25) is 10.1 Å². The van der Waals surface area contributed by atoms with E-state index in [-0.39, 0.29) is 12.5 Å². The number of halogens is 1. The van der Waals surface area contributed by atoms with Gasteiger partial charge in [0.05, 0.1) is 17.3 Å². The highest BCUT2D eigenvalue weighted by molar-refractivity contribution is 7.91. The number of rotatable bonds is 8. The fraction of sp³-hybridized carbons (Fsp3) is 0.300.